The Hall–Kier alpha value is -1.51. The SMILES string of the molecule is CC(=O)Nc1ccc([NH])cc1. The van der Waals surface area contributed by atoms with E-state index < -0.39 is 0 Å². The van der Waals surface area contributed by atoms with Gasteiger partial charge in [0.05, 0.1) is 5.69 Å². The minimum absolute atomic E-state index is 0.0947. The Kier molecular flexibility index (Phi) is 2.11. The number of carbonyl (C=O) groups excluding carboxylic acids is 1. The summed E-state index contributed by atoms with van der Waals surface area (Å²) in [5.74, 6) is -0.0947. The van der Waals surface area contributed by atoms with Crippen LogP contribution in [0.1, 0.15) is 6.92 Å². The zero-order valence-corrected chi connectivity index (χ0v) is 6.22. The summed E-state index contributed by atoms with van der Waals surface area (Å²) in [4.78, 5) is 10.5. The highest BCUT2D eigenvalue weighted by Gasteiger charge is 1.92. The van der Waals surface area contributed by atoms with Gasteiger partial charge in [0.25, 0.3) is 0 Å². The lowest BCUT2D eigenvalue weighted by molar-refractivity contribution is -0.114. The van der Waals surface area contributed by atoms with Gasteiger partial charge in [0.15, 0.2) is 0 Å². The molecule has 0 saturated heterocycles. The molecule has 1 radical (unpaired) electrons. The maximum Gasteiger partial charge on any atom is 0.221 e. The molecule has 0 aliphatic carbocycles. The Morgan fingerprint density at radius 3 is 2.36 bits per heavy atom. The Morgan fingerprint density at radius 1 is 1.36 bits per heavy atom. The Morgan fingerprint density at radius 2 is 1.91 bits per heavy atom. The minimum Gasteiger partial charge on any atom is -0.326 e. The van der Waals surface area contributed by atoms with Gasteiger partial charge in [0.2, 0.25) is 5.91 Å². The van der Waals surface area contributed by atoms with E-state index in [4.69, 9.17) is 5.73 Å². The van der Waals surface area contributed by atoms with Crippen molar-refractivity contribution >= 4 is 17.3 Å². The van der Waals surface area contributed by atoms with Crippen molar-refractivity contribution in [2.75, 3.05) is 5.32 Å². The standard InChI is InChI=1S/C8H9N2O/c1-6(11)10-8-4-2-7(9)3-5-8/h2-5,9H,1H3,(H,10,11). The topological polar surface area (TPSA) is 52.9 Å². The molecule has 0 unspecified atom stereocenters. The second kappa shape index (κ2) is 3.05. The molecule has 0 aliphatic rings. The van der Waals surface area contributed by atoms with Gasteiger partial charge in [-0.05, 0) is 24.3 Å². The molecule has 0 heterocycles. The van der Waals surface area contributed by atoms with Crippen LogP contribution in [-0.4, -0.2) is 5.91 Å². The van der Waals surface area contributed by atoms with Crippen LogP contribution in [0.4, 0.5) is 11.4 Å². The van der Waals surface area contributed by atoms with Crippen molar-refractivity contribution in [3.8, 4) is 0 Å². The normalized spacial score (nSPS) is 9.18. The molecule has 0 bridgehead atoms. The van der Waals surface area contributed by atoms with Gasteiger partial charge in [0, 0.05) is 12.6 Å². The third-order valence-corrected chi connectivity index (χ3v) is 1.21. The van der Waals surface area contributed by atoms with Crippen LogP contribution >= 0.6 is 0 Å². The predicted molar refractivity (Wildman–Crippen MR) is 43.5 cm³/mol. The zero-order valence-electron chi connectivity index (χ0n) is 6.22. The fourth-order valence-corrected chi connectivity index (χ4v) is 0.757. The van der Waals surface area contributed by atoms with E-state index in [9.17, 15) is 4.79 Å². The van der Waals surface area contributed by atoms with Crippen LogP contribution in [0.2, 0.25) is 0 Å². The van der Waals surface area contributed by atoms with E-state index in [1.807, 2.05) is 0 Å². The second-order valence-electron chi connectivity index (χ2n) is 2.26. The third-order valence-electron chi connectivity index (χ3n) is 1.21. The summed E-state index contributed by atoms with van der Waals surface area (Å²) in [5.41, 5.74) is 8.34. The van der Waals surface area contributed by atoms with Gasteiger partial charge in [0.1, 0.15) is 0 Å². The molecule has 0 aromatic heterocycles. The number of benzene rings is 1. The number of hydrogen-bond donors (Lipinski definition) is 1. The van der Waals surface area contributed by atoms with Crippen molar-refractivity contribution in [3.63, 3.8) is 0 Å². The summed E-state index contributed by atoms with van der Waals surface area (Å²) < 4.78 is 0. The molecule has 0 saturated carbocycles. The molecule has 57 valence electrons. The molecule has 3 nitrogen and oxygen atoms in total. The number of hydrogen-bond acceptors (Lipinski definition) is 1. The van der Waals surface area contributed by atoms with E-state index in [0.717, 1.165) is 5.69 Å². The Bertz CT molecular complexity index is 253. The maximum atomic E-state index is 10.5. The first-order valence-corrected chi connectivity index (χ1v) is 3.28. The summed E-state index contributed by atoms with van der Waals surface area (Å²) in [6.45, 7) is 1.45. The highest BCUT2D eigenvalue weighted by Crippen LogP contribution is 2.10. The fraction of sp³-hybridized carbons (Fsp3) is 0.125. The summed E-state index contributed by atoms with van der Waals surface area (Å²) in [5, 5.41) is 2.61. The lowest BCUT2D eigenvalue weighted by atomic mass is 10.3. The van der Waals surface area contributed by atoms with Gasteiger partial charge < -0.3 is 11.1 Å². The average molecular weight is 149 g/mol. The third kappa shape index (κ3) is 2.29. The molecule has 11 heavy (non-hydrogen) atoms. The molecule has 3 heteroatoms. The quantitative estimate of drug-likeness (QED) is 0.647. The van der Waals surface area contributed by atoms with Crippen molar-refractivity contribution in [2.45, 2.75) is 6.92 Å². The Labute approximate surface area is 65.2 Å². The first kappa shape index (κ1) is 7.60. The van der Waals surface area contributed by atoms with Crippen LogP contribution in [0.5, 0.6) is 0 Å². The minimum atomic E-state index is -0.0947. The molecule has 1 amide bonds. The molecule has 2 N–H and O–H groups in total. The van der Waals surface area contributed by atoms with Gasteiger partial charge in [-0.3, -0.25) is 4.79 Å². The van der Waals surface area contributed by atoms with E-state index in [1.54, 1.807) is 24.3 Å². The molecule has 0 atom stereocenters. The van der Waals surface area contributed by atoms with Crippen molar-refractivity contribution in [2.24, 2.45) is 0 Å². The lowest BCUT2D eigenvalue weighted by Crippen LogP contribution is -2.04. The number of nitrogens with one attached hydrogen (secondary N) is 2. The highest BCUT2D eigenvalue weighted by molar-refractivity contribution is 5.88. The number of anilines is 1. The summed E-state index contributed by atoms with van der Waals surface area (Å²) >= 11 is 0. The molecule has 1 aromatic rings. The zero-order chi connectivity index (χ0) is 8.27. The maximum absolute atomic E-state index is 10.5. The molecule has 0 spiro atoms. The van der Waals surface area contributed by atoms with Crippen LogP contribution < -0.4 is 11.1 Å². The summed E-state index contributed by atoms with van der Waals surface area (Å²) in [7, 11) is 0. The van der Waals surface area contributed by atoms with Crippen LogP contribution in [0.3, 0.4) is 0 Å². The van der Waals surface area contributed by atoms with E-state index in [2.05, 4.69) is 5.32 Å². The van der Waals surface area contributed by atoms with Crippen LogP contribution in [-0.2, 0) is 4.79 Å². The first-order valence-electron chi connectivity index (χ1n) is 3.28. The van der Waals surface area contributed by atoms with E-state index >= 15 is 0 Å². The largest absolute Gasteiger partial charge is 0.326 e. The monoisotopic (exact) mass is 149 g/mol. The van der Waals surface area contributed by atoms with Crippen LogP contribution in [0.25, 0.3) is 0 Å². The number of rotatable bonds is 1. The molecule has 0 fully saturated rings. The van der Waals surface area contributed by atoms with E-state index in [0.29, 0.717) is 5.69 Å². The first-order chi connectivity index (χ1) is 5.18. The van der Waals surface area contributed by atoms with Crippen molar-refractivity contribution < 1.29 is 4.79 Å². The highest BCUT2D eigenvalue weighted by atomic mass is 16.1. The van der Waals surface area contributed by atoms with Crippen molar-refractivity contribution in [1.29, 1.82) is 0 Å². The van der Waals surface area contributed by atoms with Crippen LogP contribution in [0.15, 0.2) is 24.3 Å². The smallest absolute Gasteiger partial charge is 0.221 e. The summed E-state index contributed by atoms with van der Waals surface area (Å²) in [6.07, 6.45) is 0. The molecular formula is C8H9N2O. The number of amides is 1. The van der Waals surface area contributed by atoms with Crippen LogP contribution in [0, 0.1) is 0 Å². The van der Waals surface area contributed by atoms with Crippen molar-refractivity contribution in [3.05, 3.63) is 24.3 Å². The number of carbonyl (C=O) groups is 1. The Balaban J connectivity index is 2.74. The molecular weight excluding hydrogens is 140 g/mol. The molecule has 1 aromatic carbocycles. The predicted octanol–water partition coefficient (Wildman–Crippen LogP) is 1.56. The van der Waals surface area contributed by atoms with Gasteiger partial charge in [-0.25, -0.2) is 0 Å². The fourth-order valence-electron chi connectivity index (χ4n) is 0.757. The van der Waals surface area contributed by atoms with Gasteiger partial charge in [-0.15, -0.1) is 0 Å². The van der Waals surface area contributed by atoms with E-state index in [-0.39, 0.29) is 5.91 Å². The molecule has 1 rings (SSSR count). The molecule has 0 aliphatic heterocycles. The van der Waals surface area contributed by atoms with Crippen molar-refractivity contribution in [1.82, 2.24) is 5.73 Å². The van der Waals surface area contributed by atoms with Gasteiger partial charge in [-0.1, -0.05) is 0 Å². The van der Waals surface area contributed by atoms with Gasteiger partial charge >= 0.3 is 0 Å². The average Bonchev–Trinajstić information content (AvgIpc) is 1.93. The second-order valence-corrected chi connectivity index (χ2v) is 2.26. The summed E-state index contributed by atoms with van der Waals surface area (Å²) in [6, 6.07) is 6.66. The lowest BCUT2D eigenvalue weighted by Gasteiger charge is -2.00. The van der Waals surface area contributed by atoms with E-state index in [1.165, 1.54) is 6.92 Å². The van der Waals surface area contributed by atoms with Gasteiger partial charge in [-0.2, -0.15) is 0 Å².